The lowest BCUT2D eigenvalue weighted by Crippen LogP contribution is -2.15. The zero-order valence-corrected chi connectivity index (χ0v) is 12.4. The standard InChI is InChI=1S/C14H22N2O2S/c1-3-4-5-6-7-9-12(2)13-10-8-11-16-14(13)19(15,17)18/h8-11H,3-7H2,1-2H3,(H2,15,17,18)/b12-9-. The van der Waals surface area contributed by atoms with Gasteiger partial charge in [0.1, 0.15) is 0 Å². The van der Waals surface area contributed by atoms with E-state index in [1.165, 1.54) is 25.5 Å². The minimum absolute atomic E-state index is 0.0442. The highest BCUT2D eigenvalue weighted by Gasteiger charge is 2.15. The molecule has 0 radical (unpaired) electrons. The van der Waals surface area contributed by atoms with Crippen molar-refractivity contribution in [1.29, 1.82) is 0 Å². The molecule has 0 spiro atoms. The SMILES string of the molecule is CCCCCC/C=C(/C)c1cccnc1S(N)(=O)=O. The highest BCUT2D eigenvalue weighted by atomic mass is 32.2. The first-order valence-corrected chi connectivity index (χ1v) is 8.16. The lowest BCUT2D eigenvalue weighted by molar-refractivity contribution is 0.593. The van der Waals surface area contributed by atoms with E-state index >= 15 is 0 Å². The highest BCUT2D eigenvalue weighted by Crippen LogP contribution is 2.21. The van der Waals surface area contributed by atoms with Crippen LogP contribution in [-0.2, 0) is 10.0 Å². The van der Waals surface area contributed by atoms with Crippen molar-refractivity contribution in [2.75, 3.05) is 0 Å². The zero-order valence-electron chi connectivity index (χ0n) is 11.6. The predicted octanol–water partition coefficient (Wildman–Crippen LogP) is 3.10. The molecule has 1 heterocycles. The van der Waals surface area contributed by atoms with Crippen molar-refractivity contribution in [3.63, 3.8) is 0 Å². The molecule has 106 valence electrons. The maximum absolute atomic E-state index is 11.5. The van der Waals surface area contributed by atoms with Crippen molar-refractivity contribution < 1.29 is 8.42 Å². The molecule has 1 aromatic heterocycles. The molecule has 0 bridgehead atoms. The molecular formula is C14H22N2O2S. The Kier molecular flexibility index (Phi) is 6.18. The average molecular weight is 282 g/mol. The zero-order chi connectivity index (χ0) is 14.3. The third-order valence-electron chi connectivity index (χ3n) is 2.97. The van der Waals surface area contributed by atoms with Crippen LogP contribution in [-0.4, -0.2) is 13.4 Å². The molecule has 0 atom stereocenters. The van der Waals surface area contributed by atoms with Gasteiger partial charge in [0.15, 0.2) is 5.03 Å². The van der Waals surface area contributed by atoms with Crippen molar-refractivity contribution in [2.45, 2.75) is 51.0 Å². The highest BCUT2D eigenvalue weighted by molar-refractivity contribution is 7.89. The van der Waals surface area contributed by atoms with E-state index in [0.717, 1.165) is 18.4 Å². The van der Waals surface area contributed by atoms with E-state index in [4.69, 9.17) is 5.14 Å². The summed E-state index contributed by atoms with van der Waals surface area (Å²) in [6, 6.07) is 3.46. The summed E-state index contributed by atoms with van der Waals surface area (Å²) < 4.78 is 22.9. The molecule has 1 rings (SSSR count). The molecular weight excluding hydrogens is 260 g/mol. The van der Waals surface area contributed by atoms with Crippen LogP contribution in [0.3, 0.4) is 0 Å². The fraction of sp³-hybridized carbons (Fsp3) is 0.500. The van der Waals surface area contributed by atoms with Crippen molar-refractivity contribution in [3.8, 4) is 0 Å². The van der Waals surface area contributed by atoms with Crippen LogP contribution in [0.15, 0.2) is 29.4 Å². The lowest BCUT2D eigenvalue weighted by Gasteiger charge is -2.07. The summed E-state index contributed by atoms with van der Waals surface area (Å²) in [5.74, 6) is 0. The van der Waals surface area contributed by atoms with Gasteiger partial charge in [-0.1, -0.05) is 38.3 Å². The molecule has 0 aliphatic rings. The second kappa shape index (κ2) is 7.40. The number of primary sulfonamides is 1. The topological polar surface area (TPSA) is 73.0 Å². The third kappa shape index (κ3) is 5.12. The smallest absolute Gasteiger partial charge is 0.243 e. The van der Waals surface area contributed by atoms with Crippen LogP contribution in [0.4, 0.5) is 0 Å². The van der Waals surface area contributed by atoms with E-state index in [9.17, 15) is 8.42 Å². The van der Waals surface area contributed by atoms with Crippen LogP contribution in [0, 0.1) is 0 Å². The summed E-state index contributed by atoms with van der Waals surface area (Å²) in [6.07, 6.45) is 9.22. The molecule has 0 fully saturated rings. The van der Waals surface area contributed by atoms with E-state index in [-0.39, 0.29) is 5.03 Å². The van der Waals surface area contributed by atoms with Gasteiger partial charge >= 0.3 is 0 Å². The summed E-state index contributed by atoms with van der Waals surface area (Å²) in [5, 5.41) is 5.13. The van der Waals surface area contributed by atoms with Gasteiger partial charge in [0, 0.05) is 11.8 Å². The Morgan fingerprint density at radius 2 is 2.11 bits per heavy atom. The first kappa shape index (κ1) is 15.9. The van der Waals surface area contributed by atoms with Gasteiger partial charge in [-0.2, -0.15) is 0 Å². The molecule has 0 saturated heterocycles. The molecule has 0 aliphatic heterocycles. The van der Waals surface area contributed by atoms with Crippen LogP contribution in [0.2, 0.25) is 0 Å². The fourth-order valence-electron chi connectivity index (χ4n) is 1.92. The molecule has 0 saturated carbocycles. The van der Waals surface area contributed by atoms with Crippen LogP contribution in [0.5, 0.6) is 0 Å². The number of aromatic nitrogens is 1. The Labute approximate surface area is 115 Å². The predicted molar refractivity (Wildman–Crippen MR) is 78.0 cm³/mol. The quantitative estimate of drug-likeness (QED) is 0.781. The molecule has 2 N–H and O–H groups in total. The fourth-order valence-corrected chi connectivity index (χ4v) is 2.66. The van der Waals surface area contributed by atoms with Gasteiger partial charge in [-0.05, 0) is 31.4 Å². The van der Waals surface area contributed by atoms with Crippen molar-refractivity contribution >= 4 is 15.6 Å². The van der Waals surface area contributed by atoms with E-state index in [1.807, 2.05) is 6.92 Å². The molecule has 0 amide bonds. The molecule has 0 aromatic carbocycles. The number of allylic oxidation sites excluding steroid dienone is 2. The second-order valence-electron chi connectivity index (χ2n) is 4.64. The summed E-state index contributed by atoms with van der Waals surface area (Å²) in [6.45, 7) is 4.07. The van der Waals surface area contributed by atoms with Gasteiger partial charge in [-0.25, -0.2) is 18.5 Å². The Morgan fingerprint density at radius 1 is 1.37 bits per heavy atom. The van der Waals surface area contributed by atoms with Crippen LogP contribution in [0.25, 0.3) is 5.57 Å². The van der Waals surface area contributed by atoms with Gasteiger partial charge in [0.05, 0.1) is 0 Å². The Balaban J connectivity index is 2.82. The van der Waals surface area contributed by atoms with E-state index in [1.54, 1.807) is 12.1 Å². The minimum atomic E-state index is -3.77. The van der Waals surface area contributed by atoms with E-state index in [0.29, 0.717) is 5.56 Å². The largest absolute Gasteiger partial charge is 0.256 e. The first-order valence-electron chi connectivity index (χ1n) is 6.61. The third-order valence-corrected chi connectivity index (χ3v) is 3.84. The van der Waals surface area contributed by atoms with Crippen LogP contribution < -0.4 is 5.14 Å². The number of nitrogens with two attached hydrogens (primary N) is 1. The lowest BCUT2D eigenvalue weighted by atomic mass is 10.1. The number of hydrogen-bond donors (Lipinski definition) is 1. The van der Waals surface area contributed by atoms with Crippen molar-refractivity contribution in [3.05, 3.63) is 30.0 Å². The first-order chi connectivity index (χ1) is 8.96. The molecule has 1 aromatic rings. The molecule has 19 heavy (non-hydrogen) atoms. The van der Waals surface area contributed by atoms with Crippen molar-refractivity contribution in [1.82, 2.24) is 4.98 Å². The second-order valence-corrected chi connectivity index (χ2v) is 6.11. The average Bonchev–Trinajstić information content (AvgIpc) is 2.37. The van der Waals surface area contributed by atoms with Gasteiger partial charge in [-0.3, -0.25) is 0 Å². The van der Waals surface area contributed by atoms with E-state index < -0.39 is 10.0 Å². The summed E-state index contributed by atoms with van der Waals surface area (Å²) in [4.78, 5) is 3.87. The molecule has 5 heteroatoms. The Bertz CT molecular complexity index is 536. The normalized spacial score (nSPS) is 12.7. The van der Waals surface area contributed by atoms with Gasteiger partial charge in [0.25, 0.3) is 10.0 Å². The number of nitrogens with zero attached hydrogens (tertiary/aromatic N) is 1. The summed E-state index contributed by atoms with van der Waals surface area (Å²) in [5.41, 5.74) is 1.51. The number of sulfonamides is 1. The maximum Gasteiger partial charge on any atom is 0.256 e. The van der Waals surface area contributed by atoms with Gasteiger partial charge < -0.3 is 0 Å². The molecule has 0 unspecified atom stereocenters. The van der Waals surface area contributed by atoms with Gasteiger partial charge in [0.2, 0.25) is 0 Å². The molecule has 4 nitrogen and oxygen atoms in total. The monoisotopic (exact) mass is 282 g/mol. The summed E-state index contributed by atoms with van der Waals surface area (Å²) >= 11 is 0. The summed E-state index contributed by atoms with van der Waals surface area (Å²) in [7, 11) is -3.77. The van der Waals surface area contributed by atoms with E-state index in [2.05, 4.69) is 18.0 Å². The number of rotatable bonds is 7. The van der Waals surface area contributed by atoms with Crippen LogP contribution in [0.1, 0.15) is 51.5 Å². The number of pyridine rings is 1. The van der Waals surface area contributed by atoms with Crippen LogP contribution >= 0.6 is 0 Å². The number of hydrogen-bond acceptors (Lipinski definition) is 3. The molecule has 0 aliphatic carbocycles. The van der Waals surface area contributed by atoms with Crippen molar-refractivity contribution in [2.24, 2.45) is 5.14 Å². The van der Waals surface area contributed by atoms with Gasteiger partial charge in [-0.15, -0.1) is 0 Å². The Hall–Kier alpha value is -1.20. The number of unbranched alkanes of at least 4 members (excludes halogenated alkanes) is 4. The minimum Gasteiger partial charge on any atom is -0.243 e. The Morgan fingerprint density at radius 3 is 2.74 bits per heavy atom. The maximum atomic E-state index is 11.5.